The fourth-order valence-electron chi connectivity index (χ4n) is 1.19. The molecule has 4 nitrogen and oxygen atoms in total. The third-order valence-corrected chi connectivity index (χ3v) is 2.14. The highest BCUT2D eigenvalue weighted by Crippen LogP contribution is 2.18. The molecule has 1 aromatic rings. The summed E-state index contributed by atoms with van der Waals surface area (Å²) in [6.45, 7) is 1.91. The number of benzene rings is 1. The Labute approximate surface area is 92.8 Å². The van der Waals surface area contributed by atoms with E-state index >= 15 is 0 Å². The van der Waals surface area contributed by atoms with E-state index in [9.17, 15) is 9.18 Å². The molecule has 0 saturated heterocycles. The van der Waals surface area contributed by atoms with Gasteiger partial charge in [-0.15, -0.1) is 0 Å². The quantitative estimate of drug-likeness (QED) is 0.795. The fourth-order valence-corrected chi connectivity index (χ4v) is 1.19. The van der Waals surface area contributed by atoms with Crippen molar-refractivity contribution in [2.24, 2.45) is 5.73 Å². The highest BCUT2D eigenvalue weighted by atomic mass is 19.1. The van der Waals surface area contributed by atoms with Gasteiger partial charge < -0.3 is 15.6 Å². The molecule has 5 heteroatoms. The van der Waals surface area contributed by atoms with Gasteiger partial charge in [-0.2, -0.15) is 0 Å². The van der Waals surface area contributed by atoms with E-state index in [1.54, 1.807) is 6.92 Å². The largest absolute Gasteiger partial charge is 0.493 e. The van der Waals surface area contributed by atoms with E-state index in [1.807, 2.05) is 0 Å². The molecule has 0 amide bonds. The number of halogens is 1. The lowest BCUT2D eigenvalue weighted by molar-refractivity contribution is -0.138. The molecule has 0 saturated carbocycles. The molecule has 1 rings (SSSR count). The Bertz CT molecular complexity index is 381. The Morgan fingerprint density at radius 2 is 2.31 bits per heavy atom. The zero-order valence-electron chi connectivity index (χ0n) is 8.94. The molecular weight excluding hydrogens is 213 g/mol. The summed E-state index contributed by atoms with van der Waals surface area (Å²) in [6, 6.07) is 3.23. The van der Waals surface area contributed by atoms with Gasteiger partial charge in [0.05, 0.1) is 6.61 Å². The molecule has 0 heterocycles. The van der Waals surface area contributed by atoms with Crippen LogP contribution < -0.4 is 10.5 Å². The molecule has 3 N–H and O–H groups in total. The molecule has 0 aliphatic carbocycles. The van der Waals surface area contributed by atoms with Crippen LogP contribution in [0.15, 0.2) is 18.2 Å². The molecule has 0 aliphatic heterocycles. The van der Waals surface area contributed by atoms with E-state index in [0.717, 1.165) is 0 Å². The third kappa shape index (κ3) is 3.51. The summed E-state index contributed by atoms with van der Waals surface area (Å²) >= 11 is 0. The Morgan fingerprint density at radius 1 is 1.62 bits per heavy atom. The van der Waals surface area contributed by atoms with Gasteiger partial charge in [-0.3, -0.25) is 4.79 Å². The van der Waals surface area contributed by atoms with Crippen LogP contribution in [0.1, 0.15) is 12.0 Å². The molecule has 0 aliphatic rings. The van der Waals surface area contributed by atoms with Gasteiger partial charge in [0.25, 0.3) is 0 Å². The molecule has 88 valence electrons. The second-order valence-electron chi connectivity index (χ2n) is 3.49. The van der Waals surface area contributed by atoms with Crippen LogP contribution in [0, 0.1) is 12.7 Å². The van der Waals surface area contributed by atoms with Gasteiger partial charge in [-0.25, -0.2) is 4.39 Å². The first-order chi connectivity index (χ1) is 7.50. The van der Waals surface area contributed by atoms with Crippen molar-refractivity contribution in [1.29, 1.82) is 0 Å². The Hall–Kier alpha value is -1.62. The predicted octanol–water partition coefficient (Wildman–Crippen LogP) is 1.31. The zero-order chi connectivity index (χ0) is 12.1. The standard InChI is InChI=1S/C11H14FNO3/c1-7-6-8(12)2-3-10(7)16-5-4-9(13)11(14)15/h2-3,6,9H,4-5,13H2,1H3,(H,14,15)/t9-/m0/s1. The Balaban J connectivity index is 2.46. The average molecular weight is 227 g/mol. The van der Waals surface area contributed by atoms with Gasteiger partial charge in [-0.1, -0.05) is 0 Å². The van der Waals surface area contributed by atoms with Crippen LogP contribution in [0.2, 0.25) is 0 Å². The highest BCUT2D eigenvalue weighted by molar-refractivity contribution is 5.72. The minimum Gasteiger partial charge on any atom is -0.493 e. The van der Waals surface area contributed by atoms with Crippen LogP contribution in [-0.2, 0) is 4.79 Å². The van der Waals surface area contributed by atoms with E-state index < -0.39 is 12.0 Å². The Morgan fingerprint density at radius 3 is 2.88 bits per heavy atom. The summed E-state index contributed by atoms with van der Waals surface area (Å²) in [6.07, 6.45) is 0.214. The number of ether oxygens (including phenoxy) is 1. The number of hydrogen-bond donors (Lipinski definition) is 2. The maximum Gasteiger partial charge on any atom is 0.320 e. The van der Waals surface area contributed by atoms with Crippen molar-refractivity contribution in [3.8, 4) is 5.75 Å². The molecule has 1 aromatic carbocycles. The molecule has 0 radical (unpaired) electrons. The van der Waals surface area contributed by atoms with Crippen LogP contribution in [0.4, 0.5) is 4.39 Å². The van der Waals surface area contributed by atoms with E-state index in [-0.39, 0.29) is 18.8 Å². The normalized spacial score (nSPS) is 12.2. The van der Waals surface area contributed by atoms with Gasteiger partial charge in [0, 0.05) is 6.42 Å². The van der Waals surface area contributed by atoms with Gasteiger partial charge in [0.15, 0.2) is 0 Å². The highest BCUT2D eigenvalue weighted by Gasteiger charge is 2.11. The van der Waals surface area contributed by atoms with Gasteiger partial charge in [0.2, 0.25) is 0 Å². The Kier molecular flexibility index (Phi) is 4.25. The molecule has 0 unspecified atom stereocenters. The first-order valence-electron chi connectivity index (χ1n) is 4.88. The number of hydrogen-bond acceptors (Lipinski definition) is 3. The molecule has 0 bridgehead atoms. The minimum absolute atomic E-state index is 0.194. The molecule has 0 fully saturated rings. The number of rotatable bonds is 5. The first-order valence-corrected chi connectivity index (χ1v) is 4.88. The van der Waals surface area contributed by atoms with Crippen molar-refractivity contribution < 1.29 is 19.0 Å². The maximum atomic E-state index is 12.8. The minimum atomic E-state index is -1.06. The molecule has 1 atom stereocenters. The predicted molar refractivity (Wildman–Crippen MR) is 56.9 cm³/mol. The average Bonchev–Trinajstić information content (AvgIpc) is 2.20. The van der Waals surface area contributed by atoms with Crippen molar-refractivity contribution in [1.82, 2.24) is 0 Å². The molecule has 0 aromatic heterocycles. The fraction of sp³-hybridized carbons (Fsp3) is 0.364. The van der Waals surface area contributed by atoms with E-state index in [4.69, 9.17) is 15.6 Å². The van der Waals surface area contributed by atoms with Gasteiger partial charge >= 0.3 is 5.97 Å². The van der Waals surface area contributed by atoms with Gasteiger partial charge in [-0.05, 0) is 30.7 Å². The van der Waals surface area contributed by atoms with Crippen LogP contribution in [0.25, 0.3) is 0 Å². The monoisotopic (exact) mass is 227 g/mol. The van der Waals surface area contributed by atoms with Crippen molar-refractivity contribution >= 4 is 5.97 Å². The summed E-state index contributed by atoms with van der Waals surface area (Å²) in [5.41, 5.74) is 5.97. The smallest absolute Gasteiger partial charge is 0.320 e. The lowest BCUT2D eigenvalue weighted by Gasteiger charge is -2.10. The van der Waals surface area contributed by atoms with E-state index in [0.29, 0.717) is 11.3 Å². The number of carboxylic acid groups (broad SMARTS) is 1. The third-order valence-electron chi connectivity index (χ3n) is 2.14. The number of aliphatic carboxylic acids is 1. The van der Waals surface area contributed by atoms with Gasteiger partial charge in [0.1, 0.15) is 17.6 Å². The van der Waals surface area contributed by atoms with Crippen LogP contribution in [0.5, 0.6) is 5.75 Å². The number of carboxylic acids is 1. The summed E-state index contributed by atoms with van der Waals surface area (Å²) < 4.78 is 18.1. The number of aryl methyl sites for hydroxylation is 1. The van der Waals surface area contributed by atoms with Crippen molar-refractivity contribution in [3.05, 3.63) is 29.6 Å². The van der Waals surface area contributed by atoms with Crippen molar-refractivity contribution in [3.63, 3.8) is 0 Å². The SMILES string of the molecule is Cc1cc(F)ccc1OCC[C@H](N)C(=O)O. The van der Waals surface area contributed by atoms with Crippen molar-refractivity contribution in [2.75, 3.05) is 6.61 Å². The molecule has 0 spiro atoms. The topological polar surface area (TPSA) is 72.5 Å². The summed E-state index contributed by atoms with van der Waals surface area (Å²) in [5.74, 6) is -0.842. The van der Waals surface area contributed by atoms with Crippen LogP contribution >= 0.6 is 0 Å². The lowest BCUT2D eigenvalue weighted by atomic mass is 10.2. The first kappa shape index (κ1) is 12.4. The number of carbonyl (C=O) groups is 1. The number of nitrogens with two attached hydrogens (primary N) is 1. The summed E-state index contributed by atoms with van der Waals surface area (Å²) in [4.78, 5) is 10.4. The maximum absolute atomic E-state index is 12.8. The summed E-state index contributed by atoms with van der Waals surface area (Å²) in [7, 11) is 0. The molecular formula is C11H14FNO3. The zero-order valence-corrected chi connectivity index (χ0v) is 8.94. The lowest BCUT2D eigenvalue weighted by Crippen LogP contribution is -2.31. The molecule has 16 heavy (non-hydrogen) atoms. The van der Waals surface area contributed by atoms with Crippen LogP contribution in [-0.4, -0.2) is 23.7 Å². The second-order valence-corrected chi connectivity index (χ2v) is 3.49. The summed E-state index contributed by atoms with van der Waals surface area (Å²) in [5, 5.41) is 8.54. The van der Waals surface area contributed by atoms with E-state index in [2.05, 4.69) is 0 Å². The second kappa shape index (κ2) is 5.46. The van der Waals surface area contributed by atoms with Crippen molar-refractivity contribution in [2.45, 2.75) is 19.4 Å². The van der Waals surface area contributed by atoms with E-state index in [1.165, 1.54) is 18.2 Å². The van der Waals surface area contributed by atoms with Crippen LogP contribution in [0.3, 0.4) is 0 Å².